The first kappa shape index (κ1) is 10.2. The fourth-order valence-electron chi connectivity index (χ4n) is 1.62. The molecule has 0 aliphatic carbocycles. The van der Waals surface area contributed by atoms with Crippen molar-refractivity contribution in [2.75, 3.05) is 24.7 Å². The number of ether oxygens (including phenoxy) is 1. The molecule has 2 heterocycles. The molecule has 1 N–H and O–H groups in total. The van der Waals surface area contributed by atoms with Crippen molar-refractivity contribution < 1.29 is 13.2 Å². The summed E-state index contributed by atoms with van der Waals surface area (Å²) in [5.74, 6) is 0.447. The molecule has 0 aromatic rings. The molecular weight excluding hydrogens is 202 g/mol. The number of sulfone groups is 1. The third-order valence-corrected chi connectivity index (χ3v) is 3.84. The summed E-state index contributed by atoms with van der Waals surface area (Å²) in [5.41, 5.74) is 0. The fourth-order valence-corrected chi connectivity index (χ4v) is 3.47. The lowest BCUT2D eigenvalue weighted by molar-refractivity contribution is 0.0224. The summed E-state index contributed by atoms with van der Waals surface area (Å²) in [6.45, 7) is 1.41. The van der Waals surface area contributed by atoms with Gasteiger partial charge in [-0.1, -0.05) is 0 Å². The Morgan fingerprint density at radius 2 is 2.08 bits per heavy atom. The van der Waals surface area contributed by atoms with Crippen LogP contribution in [0.25, 0.3) is 0 Å². The van der Waals surface area contributed by atoms with Crippen molar-refractivity contribution in [3.63, 3.8) is 0 Å². The molecule has 0 bridgehead atoms. The molecule has 0 saturated carbocycles. The van der Waals surface area contributed by atoms with Gasteiger partial charge in [0, 0.05) is 12.6 Å². The van der Waals surface area contributed by atoms with Crippen molar-refractivity contribution in [2.45, 2.75) is 12.1 Å². The fraction of sp³-hybridized carbons (Fsp3) is 1.00. The standard InChI is InChI=1S/C6H11NO3S.ClH/c8-11(9)3-5-6(4-11)10-2-1-7-5;/h5-7H,1-4H2;1H/t5-,6+;/m0./s1. The first-order valence-electron chi connectivity index (χ1n) is 3.73. The van der Waals surface area contributed by atoms with Crippen molar-refractivity contribution >= 4 is 22.2 Å². The van der Waals surface area contributed by atoms with E-state index in [0.717, 1.165) is 6.54 Å². The van der Waals surface area contributed by atoms with Gasteiger partial charge < -0.3 is 10.1 Å². The van der Waals surface area contributed by atoms with E-state index in [-0.39, 0.29) is 36.1 Å². The van der Waals surface area contributed by atoms with Crippen molar-refractivity contribution in [1.29, 1.82) is 0 Å². The monoisotopic (exact) mass is 213 g/mol. The van der Waals surface area contributed by atoms with Gasteiger partial charge in [0.25, 0.3) is 0 Å². The maximum Gasteiger partial charge on any atom is 0.154 e. The molecule has 0 unspecified atom stereocenters. The Bertz CT molecular complexity index is 234. The zero-order valence-corrected chi connectivity index (χ0v) is 8.16. The lowest BCUT2D eigenvalue weighted by Crippen LogP contribution is -2.47. The first-order valence-corrected chi connectivity index (χ1v) is 5.55. The summed E-state index contributed by atoms with van der Waals surface area (Å²) in [4.78, 5) is 0. The van der Waals surface area contributed by atoms with Crippen molar-refractivity contribution in [3.8, 4) is 0 Å². The van der Waals surface area contributed by atoms with Gasteiger partial charge in [-0.15, -0.1) is 12.4 Å². The quantitative estimate of drug-likeness (QED) is 0.572. The van der Waals surface area contributed by atoms with E-state index in [4.69, 9.17) is 4.74 Å². The Balaban J connectivity index is 0.000000720. The molecule has 12 heavy (non-hydrogen) atoms. The molecule has 0 amide bonds. The summed E-state index contributed by atoms with van der Waals surface area (Å²) in [6, 6.07) is 0.0498. The van der Waals surface area contributed by atoms with E-state index < -0.39 is 9.84 Å². The lowest BCUT2D eigenvalue weighted by Gasteiger charge is -2.25. The second kappa shape index (κ2) is 3.49. The SMILES string of the molecule is Cl.O=S1(=O)C[C@@H]2NCCO[C@@H]2C1. The summed E-state index contributed by atoms with van der Waals surface area (Å²) in [6.07, 6.45) is -0.0891. The summed E-state index contributed by atoms with van der Waals surface area (Å²) >= 11 is 0. The van der Waals surface area contributed by atoms with E-state index in [1.54, 1.807) is 0 Å². The van der Waals surface area contributed by atoms with Crippen LogP contribution in [0.5, 0.6) is 0 Å². The molecule has 72 valence electrons. The van der Waals surface area contributed by atoms with Crippen LogP contribution in [0.1, 0.15) is 0 Å². The molecule has 0 radical (unpaired) electrons. The maximum atomic E-state index is 11.1. The highest BCUT2D eigenvalue weighted by Crippen LogP contribution is 2.17. The number of hydrogen-bond acceptors (Lipinski definition) is 4. The molecule has 2 atom stereocenters. The van der Waals surface area contributed by atoms with Gasteiger partial charge >= 0.3 is 0 Å². The number of hydrogen-bond donors (Lipinski definition) is 1. The summed E-state index contributed by atoms with van der Waals surface area (Å²) in [5, 5.41) is 3.13. The molecule has 0 aromatic heterocycles. The zero-order chi connectivity index (χ0) is 7.90. The maximum absolute atomic E-state index is 11.1. The smallest absolute Gasteiger partial charge is 0.154 e. The predicted octanol–water partition coefficient (Wildman–Crippen LogP) is -0.806. The molecule has 2 saturated heterocycles. The molecule has 0 aromatic carbocycles. The van der Waals surface area contributed by atoms with Crippen LogP contribution in [-0.2, 0) is 14.6 Å². The Morgan fingerprint density at radius 3 is 2.75 bits per heavy atom. The Morgan fingerprint density at radius 1 is 1.33 bits per heavy atom. The molecule has 4 nitrogen and oxygen atoms in total. The average Bonchev–Trinajstić information content (AvgIpc) is 2.21. The van der Waals surface area contributed by atoms with E-state index in [1.807, 2.05) is 0 Å². The minimum Gasteiger partial charge on any atom is -0.374 e. The minimum atomic E-state index is -2.82. The second-order valence-electron chi connectivity index (χ2n) is 3.05. The molecular formula is C6H12ClNO3S. The van der Waals surface area contributed by atoms with Gasteiger partial charge in [-0.25, -0.2) is 8.42 Å². The van der Waals surface area contributed by atoms with E-state index >= 15 is 0 Å². The summed E-state index contributed by atoms with van der Waals surface area (Å²) < 4.78 is 27.4. The number of fused-ring (bicyclic) bond motifs is 1. The summed E-state index contributed by atoms with van der Waals surface area (Å²) in [7, 11) is -2.82. The van der Waals surface area contributed by atoms with Gasteiger partial charge in [0.05, 0.1) is 24.2 Å². The lowest BCUT2D eigenvalue weighted by atomic mass is 10.2. The Kier molecular flexibility index (Phi) is 2.98. The Labute approximate surface area is 78.0 Å². The van der Waals surface area contributed by atoms with E-state index in [2.05, 4.69) is 5.32 Å². The van der Waals surface area contributed by atoms with Crippen LogP contribution in [0.15, 0.2) is 0 Å². The van der Waals surface area contributed by atoms with Crippen LogP contribution in [0, 0.1) is 0 Å². The van der Waals surface area contributed by atoms with Crippen LogP contribution in [0.4, 0.5) is 0 Å². The van der Waals surface area contributed by atoms with E-state index in [1.165, 1.54) is 0 Å². The van der Waals surface area contributed by atoms with Gasteiger partial charge in [0.2, 0.25) is 0 Å². The van der Waals surface area contributed by atoms with Crippen molar-refractivity contribution in [2.24, 2.45) is 0 Å². The van der Waals surface area contributed by atoms with E-state index in [9.17, 15) is 8.42 Å². The van der Waals surface area contributed by atoms with Crippen LogP contribution < -0.4 is 5.32 Å². The predicted molar refractivity (Wildman–Crippen MR) is 47.4 cm³/mol. The Hall–Kier alpha value is 0.160. The third kappa shape index (κ3) is 1.90. The largest absolute Gasteiger partial charge is 0.374 e. The van der Waals surface area contributed by atoms with Crippen LogP contribution in [0.3, 0.4) is 0 Å². The minimum absolute atomic E-state index is 0. The highest BCUT2D eigenvalue weighted by Gasteiger charge is 2.39. The third-order valence-electron chi connectivity index (χ3n) is 2.14. The van der Waals surface area contributed by atoms with Gasteiger partial charge in [-0.05, 0) is 0 Å². The second-order valence-corrected chi connectivity index (χ2v) is 5.20. The number of morpholine rings is 1. The average molecular weight is 214 g/mol. The van der Waals surface area contributed by atoms with Gasteiger partial charge in [0.1, 0.15) is 0 Å². The highest BCUT2D eigenvalue weighted by molar-refractivity contribution is 7.91. The molecule has 2 aliphatic rings. The normalized spacial score (nSPS) is 38.3. The topological polar surface area (TPSA) is 55.4 Å². The van der Waals surface area contributed by atoms with Gasteiger partial charge in [-0.2, -0.15) is 0 Å². The molecule has 2 rings (SSSR count). The molecule has 0 spiro atoms. The van der Waals surface area contributed by atoms with Crippen LogP contribution >= 0.6 is 12.4 Å². The van der Waals surface area contributed by atoms with Crippen molar-refractivity contribution in [3.05, 3.63) is 0 Å². The van der Waals surface area contributed by atoms with Gasteiger partial charge in [0.15, 0.2) is 9.84 Å². The number of rotatable bonds is 0. The van der Waals surface area contributed by atoms with Crippen LogP contribution in [-0.4, -0.2) is 45.2 Å². The molecule has 2 fully saturated rings. The van der Waals surface area contributed by atoms with Crippen LogP contribution in [0.2, 0.25) is 0 Å². The van der Waals surface area contributed by atoms with Crippen molar-refractivity contribution in [1.82, 2.24) is 5.32 Å². The van der Waals surface area contributed by atoms with E-state index in [0.29, 0.717) is 6.61 Å². The molecule has 2 aliphatic heterocycles. The zero-order valence-electron chi connectivity index (χ0n) is 6.52. The number of halogens is 1. The number of nitrogens with one attached hydrogen (secondary N) is 1. The highest BCUT2D eigenvalue weighted by atomic mass is 35.5. The van der Waals surface area contributed by atoms with Gasteiger partial charge in [-0.3, -0.25) is 0 Å². The first-order chi connectivity index (χ1) is 5.17. The molecule has 6 heteroatoms.